The minimum absolute atomic E-state index is 0.0290. The number of hydrogen-bond donors (Lipinski definition) is 2. The summed E-state index contributed by atoms with van der Waals surface area (Å²) >= 11 is 0. The maximum Gasteiger partial charge on any atom is 0.251 e. The van der Waals surface area contributed by atoms with Crippen LogP contribution in [-0.4, -0.2) is 19.9 Å². The zero-order valence-corrected chi connectivity index (χ0v) is 14.4. The van der Waals surface area contributed by atoms with Crippen molar-refractivity contribution in [2.45, 2.75) is 18.2 Å². The fourth-order valence-corrected chi connectivity index (χ4v) is 3.95. The van der Waals surface area contributed by atoms with Crippen molar-refractivity contribution in [3.63, 3.8) is 0 Å². The Morgan fingerprint density at radius 3 is 2.64 bits per heavy atom. The normalized spacial score (nSPS) is 11.8. The van der Waals surface area contributed by atoms with Gasteiger partial charge in [0.15, 0.2) is 0 Å². The zero-order valence-electron chi connectivity index (χ0n) is 13.5. The molecule has 0 aliphatic carbocycles. The number of halogens is 1. The van der Waals surface area contributed by atoms with Gasteiger partial charge in [-0.15, -0.1) is 0 Å². The highest BCUT2D eigenvalue weighted by molar-refractivity contribution is 7.89. The third kappa shape index (κ3) is 3.78. The van der Waals surface area contributed by atoms with Crippen molar-refractivity contribution < 1.29 is 12.8 Å². The Bertz CT molecular complexity index is 1090. The van der Waals surface area contributed by atoms with Gasteiger partial charge in [0, 0.05) is 17.6 Å². The van der Waals surface area contributed by atoms with Gasteiger partial charge in [0.05, 0.1) is 4.90 Å². The Labute approximate surface area is 144 Å². The molecule has 0 radical (unpaired) electrons. The van der Waals surface area contributed by atoms with Gasteiger partial charge in [-0.05, 0) is 54.6 Å². The molecule has 2 N–H and O–H groups in total. The molecule has 0 saturated heterocycles. The second-order valence-electron chi connectivity index (χ2n) is 5.77. The third-order valence-electron chi connectivity index (χ3n) is 3.94. The predicted octanol–water partition coefficient (Wildman–Crippen LogP) is 2.50. The molecule has 0 aliphatic heterocycles. The number of nitrogens with one attached hydrogen (secondary N) is 2. The average molecular weight is 360 g/mol. The zero-order chi connectivity index (χ0) is 18.0. The van der Waals surface area contributed by atoms with E-state index in [0.717, 1.165) is 17.0 Å². The molecule has 0 unspecified atom stereocenters. The van der Waals surface area contributed by atoms with Crippen molar-refractivity contribution in [3.05, 3.63) is 75.8 Å². The quantitative estimate of drug-likeness (QED) is 0.734. The molecule has 5 nitrogen and oxygen atoms in total. The highest BCUT2D eigenvalue weighted by Gasteiger charge is 2.16. The van der Waals surface area contributed by atoms with Gasteiger partial charge >= 0.3 is 0 Å². The molecule has 0 amide bonds. The summed E-state index contributed by atoms with van der Waals surface area (Å²) in [6, 6.07) is 12.6. The summed E-state index contributed by atoms with van der Waals surface area (Å²) in [6.45, 7) is 1.60. The molecule has 3 aromatic rings. The van der Waals surface area contributed by atoms with E-state index in [2.05, 4.69) is 9.71 Å². The SMILES string of the molecule is Cc1cc(F)ccc1S(=O)(=O)NCCc1cc2ccccc2[nH]c1=O. The molecule has 0 saturated carbocycles. The number of fused-ring (bicyclic) bond motifs is 1. The molecule has 130 valence electrons. The van der Waals surface area contributed by atoms with Crippen LogP contribution in [-0.2, 0) is 16.4 Å². The Morgan fingerprint density at radius 2 is 1.88 bits per heavy atom. The lowest BCUT2D eigenvalue weighted by molar-refractivity contribution is 0.579. The Hall–Kier alpha value is -2.51. The molecule has 0 aliphatic rings. The number of H-pyrrole nitrogens is 1. The third-order valence-corrected chi connectivity index (χ3v) is 5.56. The molecule has 0 bridgehead atoms. The molecular weight excluding hydrogens is 343 g/mol. The van der Waals surface area contributed by atoms with Crippen molar-refractivity contribution in [1.29, 1.82) is 0 Å². The second-order valence-corrected chi connectivity index (χ2v) is 7.50. The number of sulfonamides is 1. The van der Waals surface area contributed by atoms with Crippen molar-refractivity contribution in [3.8, 4) is 0 Å². The molecule has 7 heteroatoms. The monoisotopic (exact) mass is 360 g/mol. The van der Waals surface area contributed by atoms with Crippen LogP contribution < -0.4 is 10.3 Å². The number of pyridine rings is 1. The van der Waals surface area contributed by atoms with Crippen molar-refractivity contribution in [2.75, 3.05) is 6.54 Å². The molecule has 0 fully saturated rings. The van der Waals surface area contributed by atoms with E-state index in [0.29, 0.717) is 11.1 Å². The topological polar surface area (TPSA) is 79.0 Å². The number of hydrogen-bond acceptors (Lipinski definition) is 3. The van der Waals surface area contributed by atoms with E-state index in [4.69, 9.17) is 0 Å². The maximum absolute atomic E-state index is 13.1. The van der Waals surface area contributed by atoms with E-state index in [-0.39, 0.29) is 23.4 Å². The van der Waals surface area contributed by atoms with E-state index < -0.39 is 15.8 Å². The number of aromatic amines is 1. The van der Waals surface area contributed by atoms with Crippen LogP contribution in [0.3, 0.4) is 0 Å². The number of para-hydroxylation sites is 1. The highest BCUT2D eigenvalue weighted by atomic mass is 32.2. The first kappa shape index (κ1) is 17.3. The van der Waals surface area contributed by atoms with Crippen LogP contribution in [0, 0.1) is 12.7 Å². The molecule has 2 aromatic carbocycles. The summed E-state index contributed by atoms with van der Waals surface area (Å²) < 4.78 is 40.2. The van der Waals surface area contributed by atoms with E-state index in [1.54, 1.807) is 12.1 Å². The first-order valence-corrected chi connectivity index (χ1v) is 9.22. The van der Waals surface area contributed by atoms with Crippen molar-refractivity contribution >= 4 is 20.9 Å². The smallest absolute Gasteiger partial charge is 0.251 e. The minimum atomic E-state index is -3.76. The number of aromatic nitrogens is 1. The van der Waals surface area contributed by atoms with Gasteiger partial charge < -0.3 is 4.98 Å². The summed E-state index contributed by atoms with van der Waals surface area (Å²) in [6.07, 6.45) is 0.250. The fraction of sp³-hybridized carbons (Fsp3) is 0.167. The van der Waals surface area contributed by atoms with Crippen molar-refractivity contribution in [1.82, 2.24) is 9.71 Å². The summed E-state index contributed by atoms with van der Waals surface area (Å²) in [5.41, 5.74) is 1.32. The maximum atomic E-state index is 13.1. The molecule has 25 heavy (non-hydrogen) atoms. The van der Waals surface area contributed by atoms with Gasteiger partial charge in [-0.3, -0.25) is 4.79 Å². The fourth-order valence-electron chi connectivity index (χ4n) is 2.69. The largest absolute Gasteiger partial charge is 0.322 e. The first-order chi connectivity index (χ1) is 11.9. The average Bonchev–Trinajstić information content (AvgIpc) is 2.54. The van der Waals surface area contributed by atoms with E-state index >= 15 is 0 Å². The highest BCUT2D eigenvalue weighted by Crippen LogP contribution is 2.16. The van der Waals surface area contributed by atoms with Gasteiger partial charge in [0.25, 0.3) is 5.56 Å². The molecule has 0 atom stereocenters. The van der Waals surface area contributed by atoms with Gasteiger partial charge in [0.2, 0.25) is 10.0 Å². The van der Waals surface area contributed by atoms with E-state index in [9.17, 15) is 17.6 Å². The second kappa shape index (κ2) is 6.78. The summed E-state index contributed by atoms with van der Waals surface area (Å²) in [5.74, 6) is -0.487. The van der Waals surface area contributed by atoms with E-state index in [1.165, 1.54) is 19.1 Å². The van der Waals surface area contributed by atoms with Crippen LogP contribution in [0.1, 0.15) is 11.1 Å². The summed E-state index contributed by atoms with van der Waals surface area (Å²) in [5, 5.41) is 0.884. The van der Waals surface area contributed by atoms with Crippen LogP contribution in [0.5, 0.6) is 0 Å². The lowest BCUT2D eigenvalue weighted by atomic mass is 10.1. The van der Waals surface area contributed by atoms with Crippen LogP contribution in [0.25, 0.3) is 10.9 Å². The Balaban J connectivity index is 1.76. The van der Waals surface area contributed by atoms with Crippen LogP contribution in [0.4, 0.5) is 4.39 Å². The lowest BCUT2D eigenvalue weighted by Gasteiger charge is -2.09. The van der Waals surface area contributed by atoms with Gasteiger partial charge in [-0.2, -0.15) is 0 Å². The van der Waals surface area contributed by atoms with Crippen LogP contribution >= 0.6 is 0 Å². The Morgan fingerprint density at radius 1 is 1.12 bits per heavy atom. The summed E-state index contributed by atoms with van der Waals surface area (Å²) in [7, 11) is -3.76. The van der Waals surface area contributed by atoms with Crippen molar-refractivity contribution in [2.24, 2.45) is 0 Å². The Kier molecular flexibility index (Phi) is 4.69. The predicted molar refractivity (Wildman–Crippen MR) is 94.6 cm³/mol. The minimum Gasteiger partial charge on any atom is -0.322 e. The summed E-state index contributed by atoms with van der Waals surface area (Å²) in [4.78, 5) is 14.9. The lowest BCUT2D eigenvalue weighted by Crippen LogP contribution is -2.28. The van der Waals surface area contributed by atoms with Gasteiger partial charge in [-0.25, -0.2) is 17.5 Å². The number of rotatable bonds is 5. The first-order valence-electron chi connectivity index (χ1n) is 7.73. The molecule has 0 spiro atoms. The van der Waals surface area contributed by atoms with Gasteiger partial charge in [-0.1, -0.05) is 18.2 Å². The molecular formula is C18H17FN2O3S. The van der Waals surface area contributed by atoms with Gasteiger partial charge in [0.1, 0.15) is 5.82 Å². The molecule has 1 aromatic heterocycles. The van der Waals surface area contributed by atoms with E-state index in [1.807, 2.05) is 18.2 Å². The number of aryl methyl sites for hydroxylation is 1. The van der Waals surface area contributed by atoms with Crippen LogP contribution in [0.15, 0.2) is 58.2 Å². The van der Waals surface area contributed by atoms with Crippen LogP contribution in [0.2, 0.25) is 0 Å². The molecule has 3 rings (SSSR count). The standard InChI is InChI=1S/C18H17FN2O3S/c1-12-10-15(19)6-7-17(12)25(23,24)20-9-8-14-11-13-4-2-3-5-16(13)21-18(14)22/h2-7,10-11,20H,8-9H2,1H3,(H,21,22). The number of benzene rings is 2. The molecule has 1 heterocycles.